The number of hydrogen-bond donors (Lipinski definition) is 1. The van der Waals surface area contributed by atoms with Crippen LogP contribution >= 0.6 is 0 Å². The highest BCUT2D eigenvalue weighted by molar-refractivity contribution is 6.10. The van der Waals surface area contributed by atoms with Gasteiger partial charge in [0, 0.05) is 24.5 Å². The largest absolute Gasteiger partial charge is 0.332 e. The maximum atomic E-state index is 12.9. The number of amides is 1. The zero-order valence-electron chi connectivity index (χ0n) is 15.2. The first-order chi connectivity index (χ1) is 12.8. The summed E-state index contributed by atoms with van der Waals surface area (Å²) >= 11 is 0. The van der Waals surface area contributed by atoms with Gasteiger partial charge in [-0.15, -0.1) is 0 Å². The smallest absolute Gasteiger partial charge is 0.276 e. The Hall–Kier alpha value is -2.50. The Morgan fingerprint density at radius 3 is 2.69 bits per heavy atom. The van der Waals surface area contributed by atoms with E-state index in [1.165, 1.54) is 32.1 Å². The van der Waals surface area contributed by atoms with E-state index < -0.39 is 0 Å². The summed E-state index contributed by atoms with van der Waals surface area (Å²) in [7, 11) is 0. The molecule has 1 aliphatic heterocycles. The molecule has 1 N–H and O–H groups in total. The van der Waals surface area contributed by atoms with E-state index in [1.54, 1.807) is 17.3 Å². The highest BCUT2D eigenvalue weighted by Crippen LogP contribution is 2.33. The van der Waals surface area contributed by atoms with Crippen LogP contribution in [0.15, 0.2) is 29.5 Å². The summed E-state index contributed by atoms with van der Waals surface area (Å²) in [6, 6.07) is 3.89. The summed E-state index contributed by atoms with van der Waals surface area (Å²) in [4.78, 5) is 23.7. The van der Waals surface area contributed by atoms with Gasteiger partial charge in [0.25, 0.3) is 5.91 Å². The average Bonchev–Trinajstić information content (AvgIpc) is 3.01. The van der Waals surface area contributed by atoms with Crippen LogP contribution in [-0.4, -0.2) is 44.8 Å². The molecule has 0 radical (unpaired) electrons. The van der Waals surface area contributed by atoms with Crippen LogP contribution in [0.4, 0.5) is 5.69 Å². The minimum Gasteiger partial charge on any atom is -0.332 e. The summed E-state index contributed by atoms with van der Waals surface area (Å²) in [5.74, 6) is 0.620. The zero-order chi connectivity index (χ0) is 17.9. The third-order valence-corrected chi connectivity index (χ3v) is 5.50. The van der Waals surface area contributed by atoms with Crippen molar-refractivity contribution in [1.82, 2.24) is 20.1 Å². The summed E-state index contributed by atoms with van der Waals surface area (Å²) < 4.78 is 0. The van der Waals surface area contributed by atoms with Crippen molar-refractivity contribution in [2.24, 2.45) is 10.9 Å². The van der Waals surface area contributed by atoms with Crippen LogP contribution < -0.4 is 0 Å². The molecule has 0 bridgehead atoms. The lowest BCUT2D eigenvalue weighted by Gasteiger charge is -2.20. The maximum Gasteiger partial charge on any atom is 0.276 e. The Morgan fingerprint density at radius 2 is 1.96 bits per heavy atom. The van der Waals surface area contributed by atoms with Crippen molar-refractivity contribution in [2.45, 2.75) is 45.4 Å². The van der Waals surface area contributed by atoms with Crippen LogP contribution in [0.3, 0.4) is 0 Å². The molecule has 0 aromatic carbocycles. The van der Waals surface area contributed by atoms with Gasteiger partial charge < -0.3 is 4.90 Å². The molecule has 1 saturated carbocycles. The highest BCUT2D eigenvalue weighted by atomic mass is 16.2. The molecule has 4 rings (SSSR count). The van der Waals surface area contributed by atoms with Crippen LogP contribution in [0.5, 0.6) is 0 Å². The van der Waals surface area contributed by atoms with Gasteiger partial charge in [-0.2, -0.15) is 5.10 Å². The molecule has 0 spiro atoms. The number of hydrogen-bond acceptors (Lipinski definition) is 4. The molecule has 0 unspecified atom stereocenters. The SMILES string of the molecule is CCN1CC(c2ccncc2)=Nc2c(n[nH]c2CC2CCCCC2)C1=O. The van der Waals surface area contributed by atoms with Crippen LogP contribution in [0, 0.1) is 5.92 Å². The van der Waals surface area contributed by atoms with Gasteiger partial charge in [0.15, 0.2) is 5.69 Å². The number of fused-ring (bicyclic) bond motifs is 1. The Labute approximate surface area is 153 Å². The van der Waals surface area contributed by atoms with Crippen molar-refractivity contribution in [3.8, 4) is 0 Å². The lowest BCUT2D eigenvalue weighted by molar-refractivity contribution is 0.0784. The van der Waals surface area contributed by atoms with E-state index in [-0.39, 0.29) is 5.91 Å². The lowest BCUT2D eigenvalue weighted by Crippen LogP contribution is -2.34. The fourth-order valence-corrected chi connectivity index (χ4v) is 3.99. The number of nitrogens with one attached hydrogen (secondary N) is 1. The summed E-state index contributed by atoms with van der Waals surface area (Å²) in [6.07, 6.45) is 10.9. The van der Waals surface area contributed by atoms with E-state index in [0.29, 0.717) is 24.7 Å². The summed E-state index contributed by atoms with van der Waals surface area (Å²) in [6.45, 7) is 3.12. The molecule has 3 heterocycles. The standard InChI is InChI=1S/C20H25N5O/c1-2-25-13-17(15-8-10-21-11-9-15)22-18-16(23-24-19(18)20(25)26)12-14-6-4-3-5-7-14/h8-11,14H,2-7,12-13H2,1H3,(H,23,24). The highest BCUT2D eigenvalue weighted by Gasteiger charge is 2.29. The van der Waals surface area contributed by atoms with Gasteiger partial charge in [-0.3, -0.25) is 14.9 Å². The number of carbonyl (C=O) groups is 1. The first-order valence-corrected chi connectivity index (χ1v) is 9.60. The first kappa shape index (κ1) is 16.9. The predicted molar refractivity (Wildman–Crippen MR) is 101 cm³/mol. The van der Waals surface area contributed by atoms with Crippen molar-refractivity contribution in [3.63, 3.8) is 0 Å². The number of rotatable bonds is 4. The van der Waals surface area contributed by atoms with E-state index in [0.717, 1.165) is 29.1 Å². The van der Waals surface area contributed by atoms with Gasteiger partial charge >= 0.3 is 0 Å². The van der Waals surface area contributed by atoms with Gasteiger partial charge in [-0.25, -0.2) is 4.99 Å². The number of pyridine rings is 1. The van der Waals surface area contributed by atoms with E-state index in [2.05, 4.69) is 15.2 Å². The van der Waals surface area contributed by atoms with E-state index in [1.807, 2.05) is 19.1 Å². The van der Waals surface area contributed by atoms with Crippen LogP contribution in [-0.2, 0) is 6.42 Å². The summed E-state index contributed by atoms with van der Waals surface area (Å²) in [5.41, 5.74) is 4.10. The molecule has 6 nitrogen and oxygen atoms in total. The Balaban J connectivity index is 1.72. The normalized spacial score (nSPS) is 18.4. The number of aliphatic imine (C=N–C) groups is 1. The molecular weight excluding hydrogens is 326 g/mol. The fraction of sp³-hybridized carbons (Fsp3) is 0.500. The van der Waals surface area contributed by atoms with Crippen LogP contribution in [0.2, 0.25) is 0 Å². The predicted octanol–water partition coefficient (Wildman–Crippen LogP) is 3.52. The van der Waals surface area contributed by atoms with E-state index in [9.17, 15) is 4.79 Å². The summed E-state index contributed by atoms with van der Waals surface area (Å²) in [5, 5.41) is 7.48. The second-order valence-electron chi connectivity index (χ2n) is 7.22. The molecule has 136 valence electrons. The van der Waals surface area contributed by atoms with Gasteiger partial charge in [0.2, 0.25) is 0 Å². The fourth-order valence-electron chi connectivity index (χ4n) is 3.99. The number of H-pyrrole nitrogens is 1. The van der Waals surface area contributed by atoms with Crippen molar-refractivity contribution < 1.29 is 4.79 Å². The molecule has 1 amide bonds. The monoisotopic (exact) mass is 351 g/mol. The molecule has 1 aliphatic carbocycles. The Morgan fingerprint density at radius 1 is 1.19 bits per heavy atom. The van der Waals surface area contributed by atoms with Crippen molar-refractivity contribution in [1.29, 1.82) is 0 Å². The van der Waals surface area contributed by atoms with Crippen molar-refractivity contribution in [2.75, 3.05) is 13.1 Å². The molecule has 2 aliphatic rings. The number of aromatic amines is 1. The first-order valence-electron chi connectivity index (χ1n) is 9.60. The molecule has 2 aromatic heterocycles. The number of carbonyl (C=O) groups excluding carboxylic acids is 1. The van der Waals surface area contributed by atoms with Crippen LogP contribution in [0.1, 0.15) is 60.8 Å². The second-order valence-corrected chi connectivity index (χ2v) is 7.22. The molecule has 0 atom stereocenters. The molecule has 0 saturated heterocycles. The van der Waals surface area contributed by atoms with Crippen molar-refractivity contribution in [3.05, 3.63) is 41.5 Å². The third-order valence-electron chi connectivity index (χ3n) is 5.50. The Bertz CT molecular complexity index is 805. The minimum atomic E-state index is -0.0403. The molecule has 26 heavy (non-hydrogen) atoms. The van der Waals surface area contributed by atoms with E-state index in [4.69, 9.17) is 4.99 Å². The third kappa shape index (κ3) is 3.28. The zero-order valence-corrected chi connectivity index (χ0v) is 15.2. The van der Waals surface area contributed by atoms with Gasteiger partial charge in [-0.1, -0.05) is 32.1 Å². The van der Waals surface area contributed by atoms with Crippen LogP contribution in [0.25, 0.3) is 0 Å². The number of nitrogens with zero attached hydrogens (tertiary/aromatic N) is 4. The molecular formula is C20H25N5O. The van der Waals surface area contributed by atoms with Gasteiger partial charge in [0.05, 0.1) is 18.0 Å². The lowest BCUT2D eigenvalue weighted by atomic mass is 9.86. The number of likely N-dealkylation sites (N-methyl/N-ethyl adjacent to an activating group) is 1. The van der Waals surface area contributed by atoms with Gasteiger partial charge in [-0.05, 0) is 31.4 Å². The van der Waals surface area contributed by atoms with Gasteiger partial charge in [0.1, 0.15) is 5.69 Å². The minimum absolute atomic E-state index is 0.0403. The topological polar surface area (TPSA) is 74.2 Å². The second kappa shape index (κ2) is 7.40. The maximum absolute atomic E-state index is 12.9. The molecule has 1 fully saturated rings. The average molecular weight is 351 g/mol. The molecule has 2 aromatic rings. The quantitative estimate of drug-likeness (QED) is 0.916. The number of aromatic nitrogens is 3. The van der Waals surface area contributed by atoms with E-state index >= 15 is 0 Å². The molecule has 6 heteroatoms. The van der Waals surface area contributed by atoms with Crippen molar-refractivity contribution >= 4 is 17.3 Å². The Kier molecular flexibility index (Phi) is 4.82.